The van der Waals surface area contributed by atoms with Gasteiger partial charge in [0.15, 0.2) is 0 Å². The number of hydrogen-bond donors (Lipinski definition) is 1. The Morgan fingerprint density at radius 3 is 2.26 bits per heavy atom. The summed E-state index contributed by atoms with van der Waals surface area (Å²) in [4.78, 5) is 32.6. The van der Waals surface area contributed by atoms with Crippen LogP contribution in [0.15, 0.2) is 0 Å². The third-order valence-corrected chi connectivity index (χ3v) is 3.83. The monoisotopic (exact) mass is 269 g/mol. The van der Waals surface area contributed by atoms with Crippen molar-refractivity contribution < 1.29 is 14.4 Å². The van der Waals surface area contributed by atoms with Gasteiger partial charge in [-0.05, 0) is 32.6 Å². The largest absolute Gasteiger partial charge is 0.325 e. The van der Waals surface area contributed by atoms with E-state index in [-0.39, 0.29) is 17.9 Å². The lowest BCUT2D eigenvalue weighted by molar-refractivity contribution is -0.138. The maximum absolute atomic E-state index is 12.2. The molecule has 0 unspecified atom stereocenters. The van der Waals surface area contributed by atoms with Gasteiger partial charge in [-0.3, -0.25) is 9.63 Å². The lowest BCUT2D eigenvalue weighted by atomic mass is 9.96. The van der Waals surface area contributed by atoms with E-state index in [9.17, 15) is 9.59 Å². The van der Waals surface area contributed by atoms with Gasteiger partial charge in [0, 0.05) is 32.1 Å². The van der Waals surface area contributed by atoms with Crippen molar-refractivity contribution in [2.24, 2.45) is 5.92 Å². The second-order valence-corrected chi connectivity index (χ2v) is 5.14. The molecule has 0 spiro atoms. The van der Waals surface area contributed by atoms with Gasteiger partial charge in [0.05, 0.1) is 6.61 Å². The molecule has 0 aromatic heterocycles. The van der Waals surface area contributed by atoms with Crippen LogP contribution in [0.3, 0.4) is 0 Å². The lowest BCUT2D eigenvalue weighted by Crippen LogP contribution is -2.47. The van der Waals surface area contributed by atoms with Crippen molar-refractivity contribution in [1.29, 1.82) is 0 Å². The SMILES string of the molecule is CCONC(=O)C1CCN(C(=O)N2CCCC2)CC1. The zero-order valence-corrected chi connectivity index (χ0v) is 11.6. The molecule has 108 valence electrons. The second kappa shape index (κ2) is 6.75. The van der Waals surface area contributed by atoms with E-state index in [1.807, 2.05) is 16.7 Å². The molecule has 3 amide bonds. The molecule has 2 fully saturated rings. The number of hydroxylamine groups is 1. The average Bonchev–Trinajstić information content (AvgIpc) is 2.98. The molecule has 0 aromatic carbocycles. The Labute approximate surface area is 114 Å². The van der Waals surface area contributed by atoms with Gasteiger partial charge in [0.1, 0.15) is 0 Å². The minimum atomic E-state index is -0.0601. The summed E-state index contributed by atoms with van der Waals surface area (Å²) >= 11 is 0. The quantitative estimate of drug-likeness (QED) is 0.777. The van der Waals surface area contributed by atoms with Crippen LogP contribution in [0.1, 0.15) is 32.6 Å². The van der Waals surface area contributed by atoms with Gasteiger partial charge < -0.3 is 9.80 Å². The maximum Gasteiger partial charge on any atom is 0.319 e. The summed E-state index contributed by atoms with van der Waals surface area (Å²) in [6.07, 6.45) is 3.66. The van der Waals surface area contributed by atoms with E-state index < -0.39 is 0 Å². The van der Waals surface area contributed by atoms with Crippen LogP contribution in [0.5, 0.6) is 0 Å². The summed E-state index contributed by atoms with van der Waals surface area (Å²) in [6, 6.07) is 0.140. The number of hydrogen-bond acceptors (Lipinski definition) is 3. The van der Waals surface area contributed by atoms with Crippen LogP contribution in [-0.4, -0.2) is 54.5 Å². The van der Waals surface area contributed by atoms with Crippen LogP contribution in [0.4, 0.5) is 4.79 Å². The Hall–Kier alpha value is -1.30. The highest BCUT2D eigenvalue weighted by Gasteiger charge is 2.30. The Kier molecular flexibility index (Phi) is 5.01. The second-order valence-electron chi connectivity index (χ2n) is 5.14. The Morgan fingerprint density at radius 2 is 1.68 bits per heavy atom. The van der Waals surface area contributed by atoms with Gasteiger partial charge in [0.2, 0.25) is 5.91 Å². The number of carbonyl (C=O) groups is 2. The number of urea groups is 1. The summed E-state index contributed by atoms with van der Waals surface area (Å²) < 4.78 is 0. The first-order chi connectivity index (χ1) is 9.22. The fourth-order valence-electron chi connectivity index (χ4n) is 2.67. The third kappa shape index (κ3) is 3.59. The molecule has 0 atom stereocenters. The number of nitrogens with zero attached hydrogens (tertiary/aromatic N) is 2. The Bertz CT molecular complexity index is 321. The zero-order chi connectivity index (χ0) is 13.7. The van der Waals surface area contributed by atoms with Gasteiger partial charge in [-0.2, -0.15) is 0 Å². The normalized spacial score (nSPS) is 20.7. The van der Waals surface area contributed by atoms with E-state index >= 15 is 0 Å². The fraction of sp³-hybridized carbons (Fsp3) is 0.846. The molecule has 6 nitrogen and oxygen atoms in total. The summed E-state index contributed by atoms with van der Waals surface area (Å²) in [5.41, 5.74) is 2.45. The minimum Gasteiger partial charge on any atom is -0.325 e. The number of amides is 3. The van der Waals surface area contributed by atoms with Gasteiger partial charge in [-0.1, -0.05) is 0 Å². The molecule has 2 saturated heterocycles. The summed E-state index contributed by atoms with van der Waals surface area (Å²) in [5, 5.41) is 0. The first kappa shape index (κ1) is 14.1. The highest BCUT2D eigenvalue weighted by atomic mass is 16.6. The van der Waals surface area contributed by atoms with Crippen molar-refractivity contribution >= 4 is 11.9 Å². The number of carbonyl (C=O) groups excluding carboxylic acids is 2. The van der Waals surface area contributed by atoms with Crippen molar-refractivity contribution in [2.45, 2.75) is 32.6 Å². The fourth-order valence-corrected chi connectivity index (χ4v) is 2.67. The molecule has 6 heteroatoms. The van der Waals surface area contributed by atoms with Crippen molar-refractivity contribution in [2.75, 3.05) is 32.8 Å². The van der Waals surface area contributed by atoms with Crippen molar-refractivity contribution in [1.82, 2.24) is 15.3 Å². The number of likely N-dealkylation sites (tertiary alicyclic amines) is 2. The molecule has 2 aliphatic rings. The van der Waals surface area contributed by atoms with Crippen LogP contribution in [0.2, 0.25) is 0 Å². The molecule has 19 heavy (non-hydrogen) atoms. The van der Waals surface area contributed by atoms with Gasteiger partial charge in [0.25, 0.3) is 0 Å². The molecule has 2 rings (SSSR count). The highest BCUT2D eigenvalue weighted by molar-refractivity contribution is 5.79. The Balaban J connectivity index is 1.75. The highest BCUT2D eigenvalue weighted by Crippen LogP contribution is 2.20. The number of piperidine rings is 1. The van der Waals surface area contributed by atoms with Crippen molar-refractivity contribution in [3.8, 4) is 0 Å². The minimum absolute atomic E-state index is 0.0332. The smallest absolute Gasteiger partial charge is 0.319 e. The molecule has 2 heterocycles. The zero-order valence-electron chi connectivity index (χ0n) is 11.6. The number of nitrogens with one attached hydrogen (secondary N) is 1. The maximum atomic E-state index is 12.2. The summed E-state index contributed by atoms with van der Waals surface area (Å²) in [7, 11) is 0. The molecule has 1 N–H and O–H groups in total. The molecule has 0 aliphatic carbocycles. The number of rotatable bonds is 3. The standard InChI is InChI=1S/C13H23N3O3/c1-2-19-14-12(17)11-5-9-16(10-6-11)13(18)15-7-3-4-8-15/h11H,2-10H2,1H3,(H,14,17). The van der Waals surface area contributed by atoms with E-state index in [4.69, 9.17) is 4.84 Å². The van der Waals surface area contributed by atoms with Gasteiger partial charge in [-0.25, -0.2) is 10.3 Å². The van der Waals surface area contributed by atoms with Crippen LogP contribution in [0, 0.1) is 5.92 Å². The van der Waals surface area contributed by atoms with Crippen LogP contribution in [0.25, 0.3) is 0 Å². The van der Waals surface area contributed by atoms with E-state index in [0.29, 0.717) is 19.7 Å². The predicted octanol–water partition coefficient (Wildman–Crippen LogP) is 0.982. The van der Waals surface area contributed by atoms with Crippen molar-refractivity contribution in [3.63, 3.8) is 0 Å². The molecular weight excluding hydrogens is 246 g/mol. The summed E-state index contributed by atoms with van der Waals surface area (Å²) in [6.45, 7) is 5.39. The topological polar surface area (TPSA) is 61.9 Å². The van der Waals surface area contributed by atoms with Crippen LogP contribution < -0.4 is 5.48 Å². The lowest BCUT2D eigenvalue weighted by Gasteiger charge is -2.33. The molecule has 0 aromatic rings. The third-order valence-electron chi connectivity index (χ3n) is 3.83. The van der Waals surface area contributed by atoms with Gasteiger partial charge in [-0.15, -0.1) is 0 Å². The first-order valence-corrected chi connectivity index (χ1v) is 7.18. The van der Waals surface area contributed by atoms with Crippen molar-refractivity contribution in [3.05, 3.63) is 0 Å². The Morgan fingerprint density at radius 1 is 1.11 bits per heavy atom. The van der Waals surface area contributed by atoms with Crippen LogP contribution in [-0.2, 0) is 9.63 Å². The predicted molar refractivity (Wildman–Crippen MR) is 70.3 cm³/mol. The molecular formula is C13H23N3O3. The molecule has 0 radical (unpaired) electrons. The molecule has 0 saturated carbocycles. The molecule has 2 aliphatic heterocycles. The van der Waals surface area contributed by atoms with E-state index in [2.05, 4.69) is 5.48 Å². The van der Waals surface area contributed by atoms with E-state index in [1.165, 1.54) is 0 Å². The average molecular weight is 269 g/mol. The van der Waals surface area contributed by atoms with Gasteiger partial charge >= 0.3 is 6.03 Å². The first-order valence-electron chi connectivity index (χ1n) is 7.18. The summed E-state index contributed by atoms with van der Waals surface area (Å²) in [5.74, 6) is -0.0932. The van der Waals surface area contributed by atoms with E-state index in [0.717, 1.165) is 38.8 Å². The van der Waals surface area contributed by atoms with E-state index in [1.54, 1.807) is 0 Å². The van der Waals surface area contributed by atoms with Crippen LogP contribution >= 0.6 is 0 Å². The molecule has 0 bridgehead atoms.